The summed E-state index contributed by atoms with van der Waals surface area (Å²) < 4.78 is 5.90. The summed E-state index contributed by atoms with van der Waals surface area (Å²) in [6.07, 6.45) is 1.91. The second-order valence-corrected chi connectivity index (χ2v) is 9.77. The summed E-state index contributed by atoms with van der Waals surface area (Å²) in [5.41, 5.74) is 2.94. The largest absolute Gasteiger partial charge is 0.491 e. The van der Waals surface area contributed by atoms with Crippen molar-refractivity contribution >= 4 is 39.7 Å². The van der Waals surface area contributed by atoms with E-state index in [-0.39, 0.29) is 6.42 Å². The standard InChI is InChI=1S/C25H29ClN4O3S/c1-17-16-30(25-28-15-23(34-25)19-4-3-5-20(14-19)27-2)9-8-29(17)10-11-33-22-12-18(13-24(31)32)6-7-21(22)26/h3-7,12,14-15,17,27H,8-11,13,16H2,1-2H3,(H,31,32)/t17-/m0/s1. The Bertz CT molecular complexity index is 1140. The molecule has 2 heterocycles. The number of hydrogen-bond donors (Lipinski definition) is 2. The lowest BCUT2D eigenvalue weighted by Crippen LogP contribution is -2.52. The van der Waals surface area contributed by atoms with Gasteiger partial charge in [0.25, 0.3) is 0 Å². The third-order valence-corrected chi connectivity index (χ3v) is 7.37. The average molecular weight is 501 g/mol. The van der Waals surface area contributed by atoms with E-state index >= 15 is 0 Å². The Morgan fingerprint density at radius 2 is 2.15 bits per heavy atom. The summed E-state index contributed by atoms with van der Waals surface area (Å²) in [7, 11) is 1.92. The average Bonchev–Trinajstić information content (AvgIpc) is 3.32. The molecule has 1 aliphatic heterocycles. The smallest absolute Gasteiger partial charge is 0.307 e. The molecule has 9 heteroatoms. The van der Waals surface area contributed by atoms with Crippen LogP contribution in [0.5, 0.6) is 5.75 Å². The Balaban J connectivity index is 1.30. The molecule has 0 aliphatic carbocycles. The van der Waals surface area contributed by atoms with Crippen molar-refractivity contribution in [1.29, 1.82) is 0 Å². The maximum absolute atomic E-state index is 11.0. The van der Waals surface area contributed by atoms with Crippen LogP contribution in [0.15, 0.2) is 48.7 Å². The normalized spacial score (nSPS) is 16.4. The summed E-state index contributed by atoms with van der Waals surface area (Å²) in [4.78, 5) is 21.6. The molecule has 0 spiro atoms. The molecule has 0 bridgehead atoms. The zero-order valence-electron chi connectivity index (χ0n) is 19.3. The third kappa shape index (κ3) is 6.00. The van der Waals surface area contributed by atoms with E-state index in [0.29, 0.717) is 29.0 Å². The van der Waals surface area contributed by atoms with Gasteiger partial charge in [-0.3, -0.25) is 9.69 Å². The van der Waals surface area contributed by atoms with Gasteiger partial charge < -0.3 is 20.1 Å². The van der Waals surface area contributed by atoms with Gasteiger partial charge in [0.2, 0.25) is 0 Å². The fourth-order valence-electron chi connectivity index (χ4n) is 4.09. The number of piperazine rings is 1. The maximum atomic E-state index is 11.0. The first-order valence-electron chi connectivity index (χ1n) is 11.3. The van der Waals surface area contributed by atoms with Gasteiger partial charge in [0, 0.05) is 51.2 Å². The van der Waals surface area contributed by atoms with Crippen LogP contribution in [-0.4, -0.2) is 66.8 Å². The fraction of sp³-hybridized carbons (Fsp3) is 0.360. The third-order valence-electron chi connectivity index (χ3n) is 5.95. The number of nitrogens with zero attached hydrogens (tertiary/aromatic N) is 3. The van der Waals surface area contributed by atoms with E-state index in [9.17, 15) is 4.79 Å². The molecular formula is C25H29ClN4O3S. The quantitative estimate of drug-likeness (QED) is 0.440. The SMILES string of the molecule is CNc1cccc(-c2cnc(N3CCN(CCOc4cc(CC(=O)O)ccc4Cl)[C@@H](C)C3)s2)c1. The molecule has 3 aromatic rings. The number of thiazole rings is 1. The number of rotatable bonds is 9. The Kier molecular flexibility index (Phi) is 7.92. The highest BCUT2D eigenvalue weighted by Crippen LogP contribution is 2.33. The predicted octanol–water partition coefficient (Wildman–Crippen LogP) is 4.72. The first kappa shape index (κ1) is 24.3. The molecule has 1 fully saturated rings. The van der Waals surface area contributed by atoms with Crippen molar-refractivity contribution in [1.82, 2.24) is 9.88 Å². The van der Waals surface area contributed by atoms with Gasteiger partial charge in [0.1, 0.15) is 12.4 Å². The lowest BCUT2D eigenvalue weighted by atomic mass is 10.1. The number of benzene rings is 2. The Labute approximate surface area is 208 Å². The molecule has 180 valence electrons. The second-order valence-electron chi connectivity index (χ2n) is 8.35. The van der Waals surface area contributed by atoms with Gasteiger partial charge in [0.15, 0.2) is 5.13 Å². The molecule has 4 rings (SSSR count). The van der Waals surface area contributed by atoms with E-state index in [4.69, 9.17) is 26.4 Å². The fourth-order valence-corrected chi connectivity index (χ4v) is 5.21. The number of anilines is 2. The summed E-state index contributed by atoms with van der Waals surface area (Å²) in [6.45, 7) is 6.21. The topological polar surface area (TPSA) is 77.9 Å². The van der Waals surface area contributed by atoms with Crippen molar-refractivity contribution in [3.05, 3.63) is 59.2 Å². The molecule has 2 aromatic carbocycles. The molecule has 1 saturated heterocycles. The van der Waals surface area contributed by atoms with Crippen LogP contribution >= 0.6 is 22.9 Å². The minimum atomic E-state index is -0.876. The molecule has 1 aliphatic rings. The first-order chi connectivity index (χ1) is 16.4. The minimum absolute atomic E-state index is 0.0497. The molecule has 1 aromatic heterocycles. The van der Waals surface area contributed by atoms with Gasteiger partial charge in [-0.1, -0.05) is 41.1 Å². The van der Waals surface area contributed by atoms with Crippen LogP contribution in [0, 0.1) is 0 Å². The number of carboxylic acids is 1. The lowest BCUT2D eigenvalue weighted by molar-refractivity contribution is -0.136. The maximum Gasteiger partial charge on any atom is 0.307 e. The van der Waals surface area contributed by atoms with Crippen LogP contribution in [0.1, 0.15) is 12.5 Å². The van der Waals surface area contributed by atoms with Gasteiger partial charge in [-0.2, -0.15) is 0 Å². The second kappa shape index (κ2) is 11.1. The zero-order valence-corrected chi connectivity index (χ0v) is 20.9. The van der Waals surface area contributed by atoms with Gasteiger partial charge in [-0.15, -0.1) is 0 Å². The van der Waals surface area contributed by atoms with Gasteiger partial charge >= 0.3 is 5.97 Å². The van der Waals surface area contributed by atoms with Crippen LogP contribution in [-0.2, 0) is 11.2 Å². The van der Waals surface area contributed by atoms with Crippen molar-refractivity contribution in [2.24, 2.45) is 0 Å². The summed E-state index contributed by atoms with van der Waals surface area (Å²) in [5, 5.41) is 13.7. The van der Waals surface area contributed by atoms with E-state index in [1.54, 1.807) is 29.5 Å². The van der Waals surface area contributed by atoms with E-state index in [1.165, 1.54) is 5.56 Å². The molecular weight excluding hydrogens is 472 g/mol. The molecule has 0 unspecified atom stereocenters. The summed E-state index contributed by atoms with van der Waals surface area (Å²) in [6, 6.07) is 13.8. The predicted molar refractivity (Wildman–Crippen MR) is 139 cm³/mol. The molecule has 7 nitrogen and oxygen atoms in total. The van der Waals surface area contributed by atoms with E-state index in [2.05, 4.69) is 46.3 Å². The number of hydrogen-bond acceptors (Lipinski definition) is 7. The summed E-state index contributed by atoms with van der Waals surface area (Å²) in [5.74, 6) is -0.344. The van der Waals surface area contributed by atoms with Gasteiger partial charge in [0.05, 0.1) is 16.3 Å². The summed E-state index contributed by atoms with van der Waals surface area (Å²) >= 11 is 7.96. The number of nitrogens with one attached hydrogen (secondary N) is 1. The number of aromatic nitrogens is 1. The molecule has 2 N–H and O–H groups in total. The highest BCUT2D eigenvalue weighted by molar-refractivity contribution is 7.18. The van der Waals surface area contributed by atoms with Crippen LogP contribution in [0.2, 0.25) is 5.02 Å². The van der Waals surface area contributed by atoms with Crippen molar-refractivity contribution < 1.29 is 14.6 Å². The van der Waals surface area contributed by atoms with E-state index in [1.807, 2.05) is 13.2 Å². The van der Waals surface area contributed by atoms with Crippen molar-refractivity contribution in [2.75, 3.05) is 50.1 Å². The Morgan fingerprint density at radius 1 is 1.29 bits per heavy atom. The van der Waals surface area contributed by atoms with Crippen LogP contribution < -0.4 is 15.0 Å². The van der Waals surface area contributed by atoms with E-state index < -0.39 is 5.97 Å². The van der Waals surface area contributed by atoms with Crippen LogP contribution in [0.4, 0.5) is 10.8 Å². The van der Waals surface area contributed by atoms with Crippen molar-refractivity contribution in [3.63, 3.8) is 0 Å². The van der Waals surface area contributed by atoms with E-state index in [0.717, 1.165) is 41.9 Å². The molecule has 0 amide bonds. The highest BCUT2D eigenvalue weighted by atomic mass is 35.5. The zero-order chi connectivity index (χ0) is 24.1. The van der Waals surface area contributed by atoms with Crippen molar-refractivity contribution in [3.8, 4) is 16.2 Å². The molecule has 1 atom stereocenters. The number of carbonyl (C=O) groups is 1. The number of halogens is 1. The number of carboxylic acid groups (broad SMARTS) is 1. The monoisotopic (exact) mass is 500 g/mol. The van der Waals surface area contributed by atoms with Gasteiger partial charge in [-0.05, 0) is 42.3 Å². The minimum Gasteiger partial charge on any atom is -0.491 e. The van der Waals surface area contributed by atoms with Crippen LogP contribution in [0.25, 0.3) is 10.4 Å². The Hall–Kier alpha value is -2.81. The highest BCUT2D eigenvalue weighted by Gasteiger charge is 2.25. The Morgan fingerprint density at radius 3 is 2.91 bits per heavy atom. The number of aliphatic carboxylic acids is 1. The number of ether oxygens (including phenoxy) is 1. The first-order valence-corrected chi connectivity index (χ1v) is 12.5. The molecule has 34 heavy (non-hydrogen) atoms. The van der Waals surface area contributed by atoms with Crippen molar-refractivity contribution in [2.45, 2.75) is 19.4 Å². The van der Waals surface area contributed by atoms with Crippen LogP contribution in [0.3, 0.4) is 0 Å². The molecule has 0 saturated carbocycles. The molecule has 0 radical (unpaired) electrons. The van der Waals surface area contributed by atoms with Gasteiger partial charge in [-0.25, -0.2) is 4.98 Å². The lowest BCUT2D eigenvalue weighted by Gasteiger charge is -2.39.